The zero-order valence-corrected chi connectivity index (χ0v) is 15.2. The molecule has 2 fully saturated rings. The van der Waals surface area contributed by atoms with Crippen molar-refractivity contribution in [2.24, 2.45) is 5.41 Å². The molecule has 5 heteroatoms. The molecular weight excluding hydrogens is 316 g/mol. The van der Waals surface area contributed by atoms with Crippen LogP contribution in [0.3, 0.4) is 0 Å². The molecule has 136 valence electrons. The van der Waals surface area contributed by atoms with Crippen LogP contribution in [0.5, 0.6) is 5.75 Å². The average Bonchev–Trinajstić information content (AvgIpc) is 3.07. The van der Waals surface area contributed by atoms with Crippen LogP contribution in [0.1, 0.15) is 44.1 Å². The standard InChI is InChI=1S/C20H28N2O3/c1-22-17-8-5-12-20(17,13-11-19(22)24)14-21-18(23)10-9-15-6-3-4-7-16(15)25-2/h3-4,6-7,17H,5,8-14H2,1-2H3,(H,21,23). The zero-order chi connectivity index (χ0) is 17.9. The van der Waals surface area contributed by atoms with Crippen LogP contribution in [0.15, 0.2) is 24.3 Å². The number of nitrogens with zero attached hydrogens (tertiary/aromatic N) is 1. The van der Waals surface area contributed by atoms with Gasteiger partial charge in [-0.2, -0.15) is 0 Å². The molecule has 0 aromatic heterocycles. The van der Waals surface area contributed by atoms with Gasteiger partial charge in [0, 0.05) is 37.9 Å². The lowest BCUT2D eigenvalue weighted by Gasteiger charge is -2.44. The summed E-state index contributed by atoms with van der Waals surface area (Å²) >= 11 is 0. The number of aryl methyl sites for hydroxylation is 1. The lowest BCUT2D eigenvalue weighted by molar-refractivity contribution is -0.139. The molecule has 3 rings (SSSR count). The number of amides is 2. The molecule has 1 saturated carbocycles. The van der Waals surface area contributed by atoms with E-state index in [0.29, 0.717) is 25.8 Å². The van der Waals surface area contributed by atoms with Gasteiger partial charge in [0.15, 0.2) is 0 Å². The number of benzene rings is 1. The molecule has 5 nitrogen and oxygen atoms in total. The predicted molar refractivity (Wildman–Crippen MR) is 96.4 cm³/mol. The lowest BCUT2D eigenvalue weighted by atomic mass is 9.74. The normalized spacial score (nSPS) is 25.6. The van der Waals surface area contributed by atoms with E-state index in [1.807, 2.05) is 36.2 Å². The Balaban J connectivity index is 1.54. The van der Waals surface area contributed by atoms with Gasteiger partial charge in [-0.15, -0.1) is 0 Å². The first kappa shape index (κ1) is 17.8. The highest BCUT2D eigenvalue weighted by atomic mass is 16.5. The number of carbonyl (C=O) groups is 2. The van der Waals surface area contributed by atoms with E-state index in [2.05, 4.69) is 5.32 Å². The minimum Gasteiger partial charge on any atom is -0.496 e. The third-order valence-corrected chi connectivity index (χ3v) is 6.01. The van der Waals surface area contributed by atoms with E-state index in [1.165, 1.54) is 0 Å². The van der Waals surface area contributed by atoms with E-state index in [-0.39, 0.29) is 23.3 Å². The van der Waals surface area contributed by atoms with Crippen molar-refractivity contribution in [3.8, 4) is 5.75 Å². The van der Waals surface area contributed by atoms with E-state index >= 15 is 0 Å². The molecule has 25 heavy (non-hydrogen) atoms. The smallest absolute Gasteiger partial charge is 0.222 e. The lowest BCUT2D eigenvalue weighted by Crippen LogP contribution is -2.54. The Morgan fingerprint density at radius 1 is 1.36 bits per heavy atom. The highest BCUT2D eigenvalue weighted by molar-refractivity contribution is 5.78. The molecule has 0 bridgehead atoms. The fraction of sp³-hybridized carbons (Fsp3) is 0.600. The first-order chi connectivity index (χ1) is 12.1. The molecule has 1 aromatic rings. The highest BCUT2D eigenvalue weighted by Crippen LogP contribution is 2.47. The number of rotatable bonds is 6. The van der Waals surface area contributed by atoms with Crippen molar-refractivity contribution < 1.29 is 14.3 Å². The van der Waals surface area contributed by atoms with Gasteiger partial charge in [0.05, 0.1) is 7.11 Å². The van der Waals surface area contributed by atoms with Crippen molar-refractivity contribution in [1.82, 2.24) is 10.2 Å². The minimum atomic E-state index is 0.0722. The van der Waals surface area contributed by atoms with E-state index in [4.69, 9.17) is 4.74 Å². The second-order valence-corrected chi connectivity index (χ2v) is 7.36. The maximum Gasteiger partial charge on any atom is 0.222 e. The second kappa shape index (κ2) is 7.46. The summed E-state index contributed by atoms with van der Waals surface area (Å²) in [5.41, 5.74) is 1.13. The molecule has 2 amide bonds. The topological polar surface area (TPSA) is 58.6 Å². The van der Waals surface area contributed by atoms with E-state index in [1.54, 1.807) is 7.11 Å². The number of methoxy groups -OCH3 is 1. The monoisotopic (exact) mass is 344 g/mol. The average molecular weight is 344 g/mol. The van der Waals surface area contributed by atoms with Crippen LogP contribution in [0.4, 0.5) is 0 Å². The van der Waals surface area contributed by atoms with E-state index in [9.17, 15) is 9.59 Å². The third kappa shape index (κ3) is 3.65. The zero-order valence-electron chi connectivity index (χ0n) is 15.2. The van der Waals surface area contributed by atoms with Crippen LogP contribution < -0.4 is 10.1 Å². The number of likely N-dealkylation sites (tertiary alicyclic amines) is 1. The SMILES string of the molecule is COc1ccccc1CCC(=O)NCC12CCCC1N(C)C(=O)CC2. The maximum absolute atomic E-state index is 12.4. The summed E-state index contributed by atoms with van der Waals surface area (Å²) in [6, 6.07) is 8.10. The number of piperidine rings is 1. The molecule has 0 spiro atoms. The van der Waals surface area contributed by atoms with Crippen molar-refractivity contribution in [2.75, 3.05) is 20.7 Å². The maximum atomic E-state index is 12.4. The van der Waals surface area contributed by atoms with Crippen LogP contribution in [0.25, 0.3) is 0 Å². The Labute approximate surface area is 149 Å². The van der Waals surface area contributed by atoms with Crippen LogP contribution >= 0.6 is 0 Å². The van der Waals surface area contributed by atoms with Crippen molar-refractivity contribution in [3.05, 3.63) is 29.8 Å². The largest absolute Gasteiger partial charge is 0.496 e. The fourth-order valence-corrected chi connectivity index (χ4v) is 4.54. The number of nitrogens with one attached hydrogen (secondary N) is 1. The van der Waals surface area contributed by atoms with Gasteiger partial charge < -0.3 is 15.0 Å². The summed E-state index contributed by atoms with van der Waals surface area (Å²) in [6.45, 7) is 0.681. The molecule has 2 unspecified atom stereocenters. The number of para-hydroxylation sites is 1. The van der Waals surface area contributed by atoms with Gasteiger partial charge in [-0.3, -0.25) is 9.59 Å². The fourth-order valence-electron chi connectivity index (χ4n) is 4.54. The quantitative estimate of drug-likeness (QED) is 0.863. The number of hydrogen-bond acceptors (Lipinski definition) is 3. The summed E-state index contributed by atoms with van der Waals surface area (Å²) in [5, 5.41) is 3.14. The van der Waals surface area contributed by atoms with Crippen molar-refractivity contribution in [1.29, 1.82) is 0 Å². The van der Waals surface area contributed by atoms with Crippen LogP contribution in [0.2, 0.25) is 0 Å². The van der Waals surface area contributed by atoms with Gasteiger partial charge in [-0.1, -0.05) is 24.6 Å². The summed E-state index contributed by atoms with van der Waals surface area (Å²) in [5.74, 6) is 1.15. The van der Waals surface area contributed by atoms with Crippen LogP contribution in [-0.4, -0.2) is 43.5 Å². The predicted octanol–water partition coefficient (Wildman–Crippen LogP) is 2.54. The van der Waals surface area contributed by atoms with Crippen molar-refractivity contribution in [2.45, 2.75) is 51.0 Å². The Kier molecular flexibility index (Phi) is 5.30. The Bertz CT molecular complexity index is 646. The number of ether oxygens (including phenoxy) is 1. The van der Waals surface area contributed by atoms with Gasteiger partial charge >= 0.3 is 0 Å². The molecule has 0 radical (unpaired) electrons. The van der Waals surface area contributed by atoms with Crippen molar-refractivity contribution in [3.63, 3.8) is 0 Å². The molecule has 1 saturated heterocycles. The van der Waals surface area contributed by atoms with Gasteiger partial charge in [0.2, 0.25) is 11.8 Å². The number of carbonyl (C=O) groups excluding carboxylic acids is 2. The molecular formula is C20H28N2O3. The van der Waals surface area contributed by atoms with Gasteiger partial charge in [0.25, 0.3) is 0 Å². The number of fused-ring (bicyclic) bond motifs is 1. The van der Waals surface area contributed by atoms with Gasteiger partial charge in [-0.05, 0) is 37.3 Å². The molecule has 1 aromatic carbocycles. The third-order valence-electron chi connectivity index (χ3n) is 6.01. The Morgan fingerprint density at radius 2 is 2.16 bits per heavy atom. The summed E-state index contributed by atoms with van der Waals surface area (Å²) in [4.78, 5) is 26.2. The summed E-state index contributed by atoms with van der Waals surface area (Å²) < 4.78 is 5.34. The number of hydrogen-bond donors (Lipinski definition) is 1. The molecule has 2 aliphatic rings. The van der Waals surface area contributed by atoms with Crippen LogP contribution in [-0.2, 0) is 16.0 Å². The Hall–Kier alpha value is -2.04. The molecule has 2 atom stereocenters. The van der Waals surface area contributed by atoms with Gasteiger partial charge in [0.1, 0.15) is 5.75 Å². The Morgan fingerprint density at radius 3 is 2.96 bits per heavy atom. The molecule has 1 aliphatic heterocycles. The first-order valence-electron chi connectivity index (χ1n) is 9.20. The van der Waals surface area contributed by atoms with Crippen LogP contribution in [0, 0.1) is 5.41 Å². The molecule has 1 aliphatic carbocycles. The molecule has 1 heterocycles. The minimum absolute atomic E-state index is 0.0722. The van der Waals surface area contributed by atoms with E-state index < -0.39 is 0 Å². The van der Waals surface area contributed by atoms with E-state index in [0.717, 1.165) is 37.0 Å². The molecule has 1 N–H and O–H groups in total. The second-order valence-electron chi connectivity index (χ2n) is 7.36. The van der Waals surface area contributed by atoms with Crippen molar-refractivity contribution >= 4 is 11.8 Å². The summed E-state index contributed by atoms with van der Waals surface area (Å²) in [6.07, 6.45) is 5.92. The summed E-state index contributed by atoms with van der Waals surface area (Å²) in [7, 11) is 3.56. The first-order valence-corrected chi connectivity index (χ1v) is 9.20. The van der Waals surface area contributed by atoms with Gasteiger partial charge in [-0.25, -0.2) is 0 Å². The highest BCUT2D eigenvalue weighted by Gasteiger charge is 2.48.